The molecule has 1 unspecified atom stereocenters. The van der Waals surface area contributed by atoms with Gasteiger partial charge in [0.15, 0.2) is 5.76 Å². The number of carbonyl (C=O) groups is 1. The lowest BCUT2D eigenvalue weighted by Gasteiger charge is -2.25. The lowest BCUT2D eigenvalue weighted by atomic mass is 9.83. The van der Waals surface area contributed by atoms with Crippen LogP contribution in [-0.2, 0) is 13.0 Å². The maximum atomic E-state index is 12.5. The first-order valence-corrected chi connectivity index (χ1v) is 9.31. The van der Waals surface area contributed by atoms with Crippen molar-refractivity contribution in [1.29, 1.82) is 0 Å². The highest BCUT2D eigenvalue weighted by Crippen LogP contribution is 2.30. The first kappa shape index (κ1) is 17.3. The molecule has 0 bridgehead atoms. The number of hydrogen-bond acceptors (Lipinski definition) is 3. The van der Waals surface area contributed by atoms with Crippen molar-refractivity contribution in [3.05, 3.63) is 93.8 Å². The van der Waals surface area contributed by atoms with Crippen molar-refractivity contribution in [2.75, 3.05) is 6.54 Å². The van der Waals surface area contributed by atoms with Gasteiger partial charge < -0.3 is 14.3 Å². The van der Waals surface area contributed by atoms with Gasteiger partial charge in [0, 0.05) is 24.7 Å². The highest BCUT2D eigenvalue weighted by atomic mass is 16.4. The fourth-order valence-electron chi connectivity index (χ4n) is 3.71. The van der Waals surface area contributed by atoms with Gasteiger partial charge in [-0.05, 0) is 48.6 Å². The number of aryl methyl sites for hydroxylation is 1. The molecule has 0 saturated carbocycles. The Hall–Kier alpha value is -3.08. The number of pyridine rings is 1. The molecule has 1 N–H and O–H groups in total. The number of aromatic nitrogens is 1. The van der Waals surface area contributed by atoms with E-state index in [9.17, 15) is 9.59 Å². The quantitative estimate of drug-likeness (QED) is 0.757. The lowest BCUT2D eigenvalue weighted by molar-refractivity contribution is 0.0920. The average molecular weight is 362 g/mol. The molecule has 138 valence electrons. The lowest BCUT2D eigenvalue weighted by Crippen LogP contribution is -2.29. The third-order valence-corrected chi connectivity index (χ3v) is 5.11. The molecule has 0 saturated heterocycles. The molecule has 1 atom stereocenters. The van der Waals surface area contributed by atoms with E-state index in [1.54, 1.807) is 35.0 Å². The minimum absolute atomic E-state index is 0.101. The van der Waals surface area contributed by atoms with Crippen LogP contribution >= 0.6 is 0 Å². The minimum atomic E-state index is -0.218. The molecule has 27 heavy (non-hydrogen) atoms. The van der Waals surface area contributed by atoms with E-state index in [4.69, 9.17) is 4.42 Å². The average Bonchev–Trinajstić information content (AvgIpc) is 3.16. The van der Waals surface area contributed by atoms with Crippen LogP contribution in [0.2, 0.25) is 0 Å². The first-order valence-electron chi connectivity index (χ1n) is 9.31. The summed E-state index contributed by atoms with van der Waals surface area (Å²) in [5.74, 6) is 0.982. The summed E-state index contributed by atoms with van der Waals surface area (Å²) >= 11 is 0. The predicted octanol–water partition coefficient (Wildman–Crippen LogP) is 3.34. The SMILES string of the molecule is O=C(NCC1CCCc2ccccc21)c1ccc(Cn2ccccc2=O)o1. The maximum Gasteiger partial charge on any atom is 0.287 e. The summed E-state index contributed by atoms with van der Waals surface area (Å²) in [7, 11) is 0. The van der Waals surface area contributed by atoms with E-state index in [0.29, 0.717) is 24.8 Å². The van der Waals surface area contributed by atoms with Gasteiger partial charge in [-0.25, -0.2) is 0 Å². The van der Waals surface area contributed by atoms with Gasteiger partial charge >= 0.3 is 0 Å². The van der Waals surface area contributed by atoms with Crippen molar-refractivity contribution in [3.63, 3.8) is 0 Å². The van der Waals surface area contributed by atoms with Crippen LogP contribution in [0, 0.1) is 0 Å². The summed E-state index contributed by atoms with van der Waals surface area (Å²) < 4.78 is 7.18. The Balaban J connectivity index is 1.39. The Morgan fingerprint density at radius 1 is 1.11 bits per heavy atom. The zero-order valence-corrected chi connectivity index (χ0v) is 15.1. The van der Waals surface area contributed by atoms with E-state index in [2.05, 4.69) is 29.6 Å². The van der Waals surface area contributed by atoms with Crippen molar-refractivity contribution in [3.8, 4) is 0 Å². The molecule has 5 nitrogen and oxygen atoms in total. The molecule has 5 heteroatoms. The van der Waals surface area contributed by atoms with E-state index < -0.39 is 0 Å². The second-order valence-corrected chi connectivity index (χ2v) is 6.93. The summed E-state index contributed by atoms with van der Waals surface area (Å²) in [5, 5.41) is 3.00. The van der Waals surface area contributed by atoms with Crippen LogP contribution in [0.1, 0.15) is 46.2 Å². The standard InChI is InChI=1S/C22H22N2O3/c25-21-10-3-4-13-24(21)15-18-11-12-20(27-18)22(26)23-14-17-8-5-7-16-6-1-2-9-19(16)17/h1-4,6,9-13,17H,5,7-8,14-15H2,(H,23,26). The molecular formula is C22H22N2O3. The Morgan fingerprint density at radius 3 is 2.85 bits per heavy atom. The molecule has 0 spiro atoms. The molecule has 0 fully saturated rings. The Morgan fingerprint density at radius 2 is 1.96 bits per heavy atom. The highest BCUT2D eigenvalue weighted by molar-refractivity contribution is 5.91. The van der Waals surface area contributed by atoms with Crippen molar-refractivity contribution >= 4 is 5.91 Å². The second kappa shape index (κ2) is 7.66. The van der Waals surface area contributed by atoms with Gasteiger partial charge in [0.25, 0.3) is 11.5 Å². The fraction of sp³-hybridized carbons (Fsp3) is 0.273. The predicted molar refractivity (Wildman–Crippen MR) is 103 cm³/mol. The maximum absolute atomic E-state index is 12.5. The third-order valence-electron chi connectivity index (χ3n) is 5.11. The summed E-state index contributed by atoms with van der Waals surface area (Å²) in [6.07, 6.45) is 5.04. The summed E-state index contributed by atoms with van der Waals surface area (Å²) in [4.78, 5) is 24.2. The summed E-state index contributed by atoms with van der Waals surface area (Å²) in [6.45, 7) is 0.910. The van der Waals surface area contributed by atoms with Crippen LogP contribution in [0.15, 0.2) is 70.0 Å². The van der Waals surface area contributed by atoms with Crippen molar-refractivity contribution in [1.82, 2.24) is 9.88 Å². The number of benzene rings is 1. The zero-order valence-electron chi connectivity index (χ0n) is 15.1. The van der Waals surface area contributed by atoms with E-state index in [1.807, 2.05) is 0 Å². The molecular weight excluding hydrogens is 340 g/mol. The van der Waals surface area contributed by atoms with Gasteiger partial charge in [0.2, 0.25) is 0 Å². The molecule has 4 rings (SSSR count). The Bertz CT molecular complexity index is 1000. The number of amides is 1. The van der Waals surface area contributed by atoms with Crippen LogP contribution in [0.3, 0.4) is 0 Å². The normalized spacial score (nSPS) is 15.9. The van der Waals surface area contributed by atoms with E-state index in [-0.39, 0.29) is 17.2 Å². The van der Waals surface area contributed by atoms with Gasteiger partial charge in [-0.2, -0.15) is 0 Å². The van der Waals surface area contributed by atoms with Crippen LogP contribution in [0.5, 0.6) is 0 Å². The van der Waals surface area contributed by atoms with Crippen molar-refractivity contribution in [2.45, 2.75) is 31.7 Å². The third kappa shape index (κ3) is 3.87. The van der Waals surface area contributed by atoms with Crippen LogP contribution < -0.4 is 10.9 Å². The molecule has 1 aliphatic carbocycles. The summed E-state index contributed by atoms with van der Waals surface area (Å²) in [6, 6.07) is 16.9. The topological polar surface area (TPSA) is 64.2 Å². The van der Waals surface area contributed by atoms with Gasteiger partial charge in [0.1, 0.15) is 5.76 Å². The number of hydrogen-bond donors (Lipinski definition) is 1. The number of nitrogens with one attached hydrogen (secondary N) is 1. The Labute approximate surface area is 157 Å². The molecule has 2 heterocycles. The van der Waals surface area contributed by atoms with Crippen LogP contribution in [0.25, 0.3) is 0 Å². The van der Waals surface area contributed by atoms with Gasteiger partial charge in [0.05, 0.1) is 6.54 Å². The minimum Gasteiger partial charge on any atom is -0.454 e. The van der Waals surface area contributed by atoms with E-state index in [1.165, 1.54) is 17.2 Å². The van der Waals surface area contributed by atoms with Gasteiger partial charge in [-0.3, -0.25) is 9.59 Å². The monoisotopic (exact) mass is 362 g/mol. The van der Waals surface area contributed by atoms with Crippen LogP contribution in [-0.4, -0.2) is 17.0 Å². The number of furan rings is 1. The molecule has 3 aromatic rings. The second-order valence-electron chi connectivity index (χ2n) is 6.93. The number of nitrogens with zero attached hydrogens (tertiary/aromatic N) is 1. The van der Waals surface area contributed by atoms with Gasteiger partial charge in [-0.1, -0.05) is 30.3 Å². The van der Waals surface area contributed by atoms with Crippen molar-refractivity contribution in [2.24, 2.45) is 0 Å². The molecule has 1 aliphatic rings. The number of carbonyl (C=O) groups excluding carboxylic acids is 1. The number of rotatable bonds is 5. The van der Waals surface area contributed by atoms with Crippen LogP contribution in [0.4, 0.5) is 0 Å². The highest BCUT2D eigenvalue weighted by Gasteiger charge is 2.21. The molecule has 1 aromatic carbocycles. The van der Waals surface area contributed by atoms with Crippen molar-refractivity contribution < 1.29 is 9.21 Å². The van der Waals surface area contributed by atoms with E-state index >= 15 is 0 Å². The molecule has 0 radical (unpaired) electrons. The molecule has 2 aromatic heterocycles. The largest absolute Gasteiger partial charge is 0.454 e. The van der Waals surface area contributed by atoms with Gasteiger partial charge in [-0.15, -0.1) is 0 Å². The number of fused-ring (bicyclic) bond motifs is 1. The fourth-order valence-corrected chi connectivity index (χ4v) is 3.71. The Kier molecular flexibility index (Phi) is 4.92. The molecule has 1 amide bonds. The first-order chi connectivity index (χ1) is 13.2. The zero-order chi connectivity index (χ0) is 18.6. The van der Waals surface area contributed by atoms with E-state index in [0.717, 1.165) is 19.3 Å². The summed E-state index contributed by atoms with van der Waals surface area (Å²) in [5.41, 5.74) is 2.63. The molecule has 0 aliphatic heterocycles. The smallest absolute Gasteiger partial charge is 0.287 e.